The molecule has 0 saturated carbocycles. The molecule has 124 valence electrons. The number of hydrogen-bond donors (Lipinski definition) is 6. The molecule has 6 heteroatoms. The molecule has 0 heterocycles. The molecule has 0 aromatic heterocycles. The van der Waals surface area contributed by atoms with Crippen molar-refractivity contribution in [3.05, 3.63) is 41.2 Å². The summed E-state index contributed by atoms with van der Waals surface area (Å²) in [6.45, 7) is 3.27. The van der Waals surface area contributed by atoms with E-state index in [9.17, 15) is 25.5 Å². The van der Waals surface area contributed by atoms with Crippen LogP contribution in [-0.2, 0) is 0 Å². The van der Waals surface area contributed by atoms with Gasteiger partial charge in [-0.25, -0.2) is 0 Å². The van der Waals surface area contributed by atoms with Crippen LogP contribution in [0.3, 0.4) is 0 Å². The lowest BCUT2D eigenvalue weighted by atomic mass is 9.98. The van der Waals surface area contributed by atoms with E-state index in [4.69, 9.17) is 5.11 Å². The molecule has 0 spiro atoms. The zero-order valence-corrected chi connectivity index (χ0v) is 12.7. The van der Waals surface area contributed by atoms with Crippen molar-refractivity contribution in [1.29, 1.82) is 0 Å². The predicted octanol–water partition coefficient (Wildman–Crippen LogP) is 0.145. The first-order chi connectivity index (χ1) is 10.3. The van der Waals surface area contributed by atoms with Gasteiger partial charge in [-0.2, -0.15) is 0 Å². The first-order valence-electron chi connectivity index (χ1n) is 7.11. The van der Waals surface area contributed by atoms with E-state index in [-0.39, 0.29) is 0 Å². The monoisotopic (exact) mass is 312 g/mol. The average Bonchev–Trinajstić information content (AvgIpc) is 2.51. The maximum absolute atomic E-state index is 9.87. The standard InChI is InChI=1S/C16H24O6/c1-9(2)11-5-3-4-10(6-11)7-12(18)14(20)16(22)15(21)13(19)8-17/h3-7,9,13-22H,8H2,1-2H3/t13-,14+,15-,16-/m1/s1. The number of aliphatic hydroxyl groups is 6. The summed E-state index contributed by atoms with van der Waals surface area (Å²) >= 11 is 0. The fraction of sp³-hybridized carbons (Fsp3) is 0.500. The highest BCUT2D eigenvalue weighted by Crippen LogP contribution is 2.19. The molecule has 0 aliphatic rings. The zero-order valence-electron chi connectivity index (χ0n) is 12.7. The highest BCUT2D eigenvalue weighted by molar-refractivity contribution is 5.53. The molecule has 0 unspecified atom stereocenters. The van der Waals surface area contributed by atoms with Crippen LogP contribution in [0.15, 0.2) is 30.0 Å². The topological polar surface area (TPSA) is 121 Å². The van der Waals surface area contributed by atoms with Crippen LogP contribution >= 0.6 is 0 Å². The predicted molar refractivity (Wildman–Crippen MR) is 82.2 cm³/mol. The molecule has 0 amide bonds. The maximum Gasteiger partial charge on any atom is 0.139 e. The van der Waals surface area contributed by atoms with Crippen LogP contribution in [0.2, 0.25) is 0 Å². The van der Waals surface area contributed by atoms with Gasteiger partial charge in [0.05, 0.1) is 6.61 Å². The van der Waals surface area contributed by atoms with Crippen LogP contribution in [0.4, 0.5) is 0 Å². The fourth-order valence-electron chi connectivity index (χ4n) is 1.96. The first-order valence-corrected chi connectivity index (χ1v) is 7.11. The second kappa shape index (κ2) is 8.26. The summed E-state index contributed by atoms with van der Waals surface area (Å²) in [6.07, 6.45) is -5.72. The van der Waals surface area contributed by atoms with E-state index in [1.807, 2.05) is 32.0 Å². The van der Waals surface area contributed by atoms with E-state index in [1.54, 1.807) is 6.07 Å². The summed E-state index contributed by atoms with van der Waals surface area (Å²) < 4.78 is 0. The van der Waals surface area contributed by atoms with Gasteiger partial charge < -0.3 is 30.6 Å². The Hall–Kier alpha value is -1.44. The van der Waals surface area contributed by atoms with Gasteiger partial charge in [0.2, 0.25) is 0 Å². The van der Waals surface area contributed by atoms with Gasteiger partial charge >= 0.3 is 0 Å². The summed E-state index contributed by atoms with van der Waals surface area (Å²) in [7, 11) is 0. The minimum Gasteiger partial charge on any atom is -0.509 e. The Labute approximate surface area is 129 Å². The van der Waals surface area contributed by atoms with E-state index >= 15 is 0 Å². The van der Waals surface area contributed by atoms with Crippen LogP contribution in [0.25, 0.3) is 6.08 Å². The molecule has 4 atom stereocenters. The molecule has 0 aliphatic heterocycles. The lowest BCUT2D eigenvalue weighted by molar-refractivity contribution is -0.112. The number of benzene rings is 1. The molecule has 1 rings (SSSR count). The van der Waals surface area contributed by atoms with Gasteiger partial charge in [0.25, 0.3) is 0 Å². The average molecular weight is 312 g/mol. The largest absolute Gasteiger partial charge is 0.509 e. The van der Waals surface area contributed by atoms with Crippen LogP contribution in [0.1, 0.15) is 30.9 Å². The molecule has 1 aromatic carbocycles. The molecule has 0 bridgehead atoms. The molecule has 0 saturated heterocycles. The third-order valence-corrected chi connectivity index (χ3v) is 3.45. The fourth-order valence-corrected chi connectivity index (χ4v) is 1.96. The van der Waals surface area contributed by atoms with E-state index in [2.05, 4.69) is 0 Å². The summed E-state index contributed by atoms with van der Waals surface area (Å²) in [5.74, 6) is -0.245. The van der Waals surface area contributed by atoms with Crippen molar-refractivity contribution >= 4 is 6.08 Å². The van der Waals surface area contributed by atoms with Crippen molar-refractivity contribution in [2.24, 2.45) is 0 Å². The van der Waals surface area contributed by atoms with E-state index in [0.29, 0.717) is 11.5 Å². The Morgan fingerprint density at radius 1 is 1.09 bits per heavy atom. The number of hydrogen-bond acceptors (Lipinski definition) is 6. The van der Waals surface area contributed by atoms with E-state index in [0.717, 1.165) is 5.56 Å². The molecule has 1 aromatic rings. The zero-order chi connectivity index (χ0) is 16.9. The molecular weight excluding hydrogens is 288 g/mol. The second-order valence-electron chi connectivity index (χ2n) is 5.57. The van der Waals surface area contributed by atoms with Gasteiger partial charge in [0, 0.05) is 0 Å². The Kier molecular flexibility index (Phi) is 6.99. The normalized spacial score (nSPS) is 18.1. The van der Waals surface area contributed by atoms with E-state index in [1.165, 1.54) is 6.08 Å². The SMILES string of the molecule is CC(C)c1cccc(C=C(O)[C@H](O)[C@@H](O)[C@H](O)[C@H](O)CO)c1. The van der Waals surface area contributed by atoms with Crippen molar-refractivity contribution in [3.63, 3.8) is 0 Å². The maximum atomic E-state index is 9.87. The lowest BCUT2D eigenvalue weighted by Gasteiger charge is -2.25. The number of rotatable bonds is 7. The minimum atomic E-state index is -1.83. The van der Waals surface area contributed by atoms with Crippen LogP contribution < -0.4 is 0 Å². The highest BCUT2D eigenvalue weighted by atomic mass is 16.4. The summed E-state index contributed by atoms with van der Waals surface area (Å²) in [6, 6.07) is 7.30. The molecule has 0 fully saturated rings. The Balaban J connectivity index is 2.89. The van der Waals surface area contributed by atoms with Crippen molar-refractivity contribution in [1.82, 2.24) is 0 Å². The van der Waals surface area contributed by atoms with Crippen molar-refractivity contribution < 1.29 is 30.6 Å². The Morgan fingerprint density at radius 2 is 1.73 bits per heavy atom. The van der Waals surface area contributed by atoms with Gasteiger partial charge in [-0.05, 0) is 23.1 Å². The van der Waals surface area contributed by atoms with Crippen molar-refractivity contribution in [2.75, 3.05) is 6.61 Å². The van der Waals surface area contributed by atoms with Crippen molar-refractivity contribution in [3.8, 4) is 0 Å². The Morgan fingerprint density at radius 3 is 2.27 bits per heavy atom. The molecule has 22 heavy (non-hydrogen) atoms. The Bertz CT molecular complexity index is 499. The molecular formula is C16H24O6. The first kappa shape index (κ1) is 18.6. The molecule has 6 nitrogen and oxygen atoms in total. The van der Waals surface area contributed by atoms with E-state index < -0.39 is 36.8 Å². The van der Waals surface area contributed by atoms with Gasteiger partial charge in [-0.15, -0.1) is 0 Å². The summed E-state index contributed by atoms with van der Waals surface area (Å²) in [4.78, 5) is 0. The van der Waals surface area contributed by atoms with Crippen molar-refractivity contribution in [2.45, 2.75) is 44.2 Å². The highest BCUT2D eigenvalue weighted by Gasteiger charge is 2.32. The second-order valence-corrected chi connectivity index (χ2v) is 5.57. The van der Waals surface area contributed by atoms with Crippen LogP contribution in [0, 0.1) is 0 Å². The van der Waals surface area contributed by atoms with Gasteiger partial charge in [-0.3, -0.25) is 0 Å². The molecule has 0 aliphatic carbocycles. The lowest BCUT2D eigenvalue weighted by Crippen LogP contribution is -2.46. The third kappa shape index (κ3) is 4.79. The van der Waals surface area contributed by atoms with Crippen LogP contribution in [0.5, 0.6) is 0 Å². The van der Waals surface area contributed by atoms with Gasteiger partial charge in [-0.1, -0.05) is 38.1 Å². The quantitative estimate of drug-likeness (QED) is 0.398. The summed E-state index contributed by atoms with van der Waals surface area (Å²) in [5, 5.41) is 56.9. The van der Waals surface area contributed by atoms with Gasteiger partial charge in [0.15, 0.2) is 0 Å². The third-order valence-electron chi connectivity index (χ3n) is 3.45. The van der Waals surface area contributed by atoms with Crippen LogP contribution in [-0.4, -0.2) is 61.7 Å². The molecule has 0 radical (unpaired) electrons. The summed E-state index contributed by atoms with van der Waals surface area (Å²) in [5.41, 5.74) is 1.68. The van der Waals surface area contributed by atoms with Gasteiger partial charge in [0.1, 0.15) is 30.2 Å². The molecule has 6 N–H and O–H groups in total. The number of aliphatic hydroxyl groups excluding tert-OH is 6. The minimum absolute atomic E-state index is 0.299. The smallest absolute Gasteiger partial charge is 0.139 e.